The van der Waals surface area contributed by atoms with Crippen molar-refractivity contribution in [3.8, 4) is 0 Å². The molecule has 1 aromatic rings. The van der Waals surface area contributed by atoms with Gasteiger partial charge in [-0.15, -0.1) is 0 Å². The molecule has 1 fully saturated rings. The summed E-state index contributed by atoms with van der Waals surface area (Å²) in [6, 6.07) is 8.57. The van der Waals surface area contributed by atoms with E-state index < -0.39 is 0 Å². The van der Waals surface area contributed by atoms with E-state index in [0.717, 1.165) is 19.4 Å². The standard InChI is InChI=1S/C16H23NO2/c1-12(2)19-11-16(18)17-10-6-9-15(17)14-8-5-4-7-13(14)3/h4-5,7-8,12,15H,6,9-11H2,1-3H3. The molecule has 0 spiro atoms. The first kappa shape index (κ1) is 14.1. The van der Waals surface area contributed by atoms with Gasteiger partial charge in [0, 0.05) is 6.54 Å². The summed E-state index contributed by atoms with van der Waals surface area (Å²) in [4.78, 5) is 14.2. The predicted octanol–water partition coefficient (Wildman–Crippen LogP) is 3.08. The zero-order valence-corrected chi connectivity index (χ0v) is 12.1. The largest absolute Gasteiger partial charge is 0.369 e. The van der Waals surface area contributed by atoms with Gasteiger partial charge in [-0.05, 0) is 44.7 Å². The molecule has 1 atom stereocenters. The van der Waals surface area contributed by atoms with E-state index in [0.29, 0.717) is 0 Å². The van der Waals surface area contributed by atoms with Crippen LogP contribution in [-0.2, 0) is 9.53 Å². The Balaban J connectivity index is 2.09. The summed E-state index contributed by atoms with van der Waals surface area (Å²) in [5.74, 6) is 0.111. The third kappa shape index (κ3) is 3.35. The fourth-order valence-corrected chi connectivity index (χ4v) is 2.67. The summed E-state index contributed by atoms with van der Waals surface area (Å²) in [5.41, 5.74) is 2.54. The smallest absolute Gasteiger partial charge is 0.249 e. The van der Waals surface area contributed by atoms with E-state index in [2.05, 4.69) is 19.1 Å². The molecule has 1 aromatic carbocycles. The van der Waals surface area contributed by atoms with E-state index in [4.69, 9.17) is 4.74 Å². The van der Waals surface area contributed by atoms with E-state index in [1.807, 2.05) is 30.9 Å². The van der Waals surface area contributed by atoms with Gasteiger partial charge in [-0.25, -0.2) is 0 Å². The van der Waals surface area contributed by atoms with E-state index >= 15 is 0 Å². The Morgan fingerprint density at radius 1 is 1.42 bits per heavy atom. The second-order valence-electron chi connectivity index (χ2n) is 5.46. The van der Waals surface area contributed by atoms with Gasteiger partial charge in [-0.2, -0.15) is 0 Å². The van der Waals surface area contributed by atoms with Crippen LogP contribution in [0, 0.1) is 6.92 Å². The van der Waals surface area contributed by atoms with Crippen molar-refractivity contribution in [2.24, 2.45) is 0 Å². The Hall–Kier alpha value is -1.35. The van der Waals surface area contributed by atoms with E-state index in [9.17, 15) is 4.79 Å². The molecule has 0 N–H and O–H groups in total. The number of nitrogens with zero attached hydrogens (tertiary/aromatic N) is 1. The lowest BCUT2D eigenvalue weighted by Crippen LogP contribution is -2.34. The van der Waals surface area contributed by atoms with Crippen molar-refractivity contribution in [3.05, 3.63) is 35.4 Å². The lowest BCUT2D eigenvalue weighted by molar-refractivity contribution is -0.138. The first-order chi connectivity index (χ1) is 9.09. The third-order valence-electron chi connectivity index (χ3n) is 3.66. The molecule has 1 saturated heterocycles. The Morgan fingerprint density at radius 3 is 2.84 bits per heavy atom. The minimum Gasteiger partial charge on any atom is -0.369 e. The number of likely N-dealkylation sites (tertiary alicyclic amines) is 1. The quantitative estimate of drug-likeness (QED) is 0.833. The van der Waals surface area contributed by atoms with Crippen LogP contribution >= 0.6 is 0 Å². The van der Waals surface area contributed by atoms with Gasteiger partial charge in [0.2, 0.25) is 5.91 Å². The van der Waals surface area contributed by atoms with Gasteiger partial charge >= 0.3 is 0 Å². The van der Waals surface area contributed by atoms with Gasteiger partial charge < -0.3 is 9.64 Å². The Bertz CT molecular complexity index is 442. The average molecular weight is 261 g/mol. The highest BCUT2D eigenvalue weighted by atomic mass is 16.5. The zero-order valence-electron chi connectivity index (χ0n) is 12.1. The van der Waals surface area contributed by atoms with Crippen LogP contribution in [0.5, 0.6) is 0 Å². The number of benzene rings is 1. The summed E-state index contributed by atoms with van der Waals surface area (Å²) in [7, 11) is 0. The number of carbonyl (C=O) groups excluding carboxylic acids is 1. The minimum atomic E-state index is 0.100. The Kier molecular flexibility index (Phi) is 4.59. The molecule has 0 saturated carbocycles. The summed E-state index contributed by atoms with van der Waals surface area (Å²) in [6.45, 7) is 7.06. The van der Waals surface area contributed by atoms with E-state index in [-0.39, 0.29) is 24.7 Å². The molecule has 0 radical (unpaired) electrons. The topological polar surface area (TPSA) is 29.5 Å². The number of carbonyl (C=O) groups is 1. The maximum Gasteiger partial charge on any atom is 0.249 e. The van der Waals surface area contributed by atoms with Crippen molar-refractivity contribution in [3.63, 3.8) is 0 Å². The van der Waals surface area contributed by atoms with Crippen LogP contribution in [0.1, 0.15) is 43.9 Å². The van der Waals surface area contributed by atoms with Crippen LogP contribution in [0.25, 0.3) is 0 Å². The molecular weight excluding hydrogens is 238 g/mol. The molecule has 19 heavy (non-hydrogen) atoms. The highest BCUT2D eigenvalue weighted by molar-refractivity contribution is 5.78. The van der Waals surface area contributed by atoms with Crippen LogP contribution in [0.15, 0.2) is 24.3 Å². The van der Waals surface area contributed by atoms with Gasteiger partial charge in [-0.1, -0.05) is 24.3 Å². The van der Waals surface area contributed by atoms with E-state index in [1.165, 1.54) is 11.1 Å². The minimum absolute atomic E-state index is 0.100. The molecule has 3 heteroatoms. The highest BCUT2D eigenvalue weighted by Crippen LogP contribution is 2.33. The zero-order chi connectivity index (χ0) is 13.8. The molecule has 3 nitrogen and oxygen atoms in total. The molecule has 104 valence electrons. The van der Waals surface area contributed by atoms with Gasteiger partial charge in [-0.3, -0.25) is 4.79 Å². The summed E-state index contributed by atoms with van der Waals surface area (Å²) >= 11 is 0. The van der Waals surface area contributed by atoms with Crippen LogP contribution in [0.4, 0.5) is 0 Å². The van der Waals surface area contributed by atoms with Gasteiger partial charge in [0.25, 0.3) is 0 Å². The van der Waals surface area contributed by atoms with Crippen LogP contribution < -0.4 is 0 Å². The highest BCUT2D eigenvalue weighted by Gasteiger charge is 2.30. The lowest BCUT2D eigenvalue weighted by Gasteiger charge is -2.26. The Morgan fingerprint density at radius 2 is 2.16 bits per heavy atom. The van der Waals surface area contributed by atoms with Crippen molar-refractivity contribution in [1.82, 2.24) is 4.90 Å². The number of hydrogen-bond acceptors (Lipinski definition) is 2. The maximum absolute atomic E-state index is 12.2. The van der Waals surface area contributed by atoms with Crippen molar-refractivity contribution in [1.29, 1.82) is 0 Å². The lowest BCUT2D eigenvalue weighted by atomic mass is 9.99. The molecule has 1 aliphatic heterocycles. The third-order valence-corrected chi connectivity index (χ3v) is 3.66. The van der Waals surface area contributed by atoms with Crippen molar-refractivity contribution < 1.29 is 9.53 Å². The molecule has 0 aromatic heterocycles. The Labute approximate surface area is 115 Å². The maximum atomic E-state index is 12.2. The molecule has 0 aliphatic carbocycles. The van der Waals surface area contributed by atoms with Crippen molar-refractivity contribution in [2.75, 3.05) is 13.2 Å². The van der Waals surface area contributed by atoms with Crippen molar-refractivity contribution >= 4 is 5.91 Å². The second-order valence-corrected chi connectivity index (χ2v) is 5.46. The fourth-order valence-electron chi connectivity index (χ4n) is 2.67. The number of aryl methyl sites for hydroxylation is 1. The SMILES string of the molecule is Cc1ccccc1C1CCCN1C(=O)COC(C)C. The van der Waals surface area contributed by atoms with Crippen LogP contribution in [0.2, 0.25) is 0 Å². The summed E-state index contributed by atoms with van der Waals surface area (Å²) in [5, 5.41) is 0. The van der Waals surface area contributed by atoms with E-state index in [1.54, 1.807) is 0 Å². The predicted molar refractivity (Wildman–Crippen MR) is 76.0 cm³/mol. The monoisotopic (exact) mass is 261 g/mol. The van der Waals surface area contributed by atoms with Crippen LogP contribution in [-0.4, -0.2) is 30.1 Å². The van der Waals surface area contributed by atoms with Gasteiger partial charge in [0.1, 0.15) is 6.61 Å². The number of amides is 1. The summed E-state index contributed by atoms with van der Waals surface area (Å²) < 4.78 is 5.44. The normalized spacial score (nSPS) is 19.2. The molecule has 2 rings (SSSR count). The molecule has 1 aliphatic rings. The average Bonchev–Trinajstić information content (AvgIpc) is 2.85. The number of rotatable bonds is 4. The molecule has 1 amide bonds. The number of ether oxygens (including phenoxy) is 1. The molecule has 1 heterocycles. The first-order valence-corrected chi connectivity index (χ1v) is 7.06. The molecule has 0 bridgehead atoms. The van der Waals surface area contributed by atoms with Crippen LogP contribution in [0.3, 0.4) is 0 Å². The number of hydrogen-bond donors (Lipinski definition) is 0. The molecular formula is C16H23NO2. The van der Waals surface area contributed by atoms with Crippen molar-refractivity contribution in [2.45, 2.75) is 45.8 Å². The van der Waals surface area contributed by atoms with Gasteiger partial charge in [0.15, 0.2) is 0 Å². The molecule has 1 unspecified atom stereocenters. The fraction of sp³-hybridized carbons (Fsp3) is 0.562. The summed E-state index contributed by atoms with van der Waals surface area (Å²) in [6.07, 6.45) is 2.23. The first-order valence-electron chi connectivity index (χ1n) is 7.06. The van der Waals surface area contributed by atoms with Gasteiger partial charge in [0.05, 0.1) is 12.1 Å². The second kappa shape index (κ2) is 6.20.